The molecule has 0 N–H and O–H groups in total. The van der Waals surface area contributed by atoms with Gasteiger partial charge in [0, 0.05) is 0 Å². The van der Waals surface area contributed by atoms with E-state index in [2.05, 4.69) is 67.1 Å². The molecule has 1 aliphatic heterocycles. The third-order valence-corrected chi connectivity index (χ3v) is 10.1. The zero-order valence-corrected chi connectivity index (χ0v) is 14.4. The molecule has 0 fully saturated rings. The first-order valence-corrected chi connectivity index (χ1v) is 19.6. The van der Waals surface area contributed by atoms with Crippen LogP contribution in [0, 0.1) is 0 Å². The van der Waals surface area contributed by atoms with Crippen LogP contribution in [0.5, 0.6) is 0 Å². The minimum atomic E-state index is -1.67. The summed E-state index contributed by atoms with van der Waals surface area (Å²) in [6.07, 6.45) is 9.04. The predicted octanol–water partition coefficient (Wildman–Crippen LogP) is 3.22. The van der Waals surface area contributed by atoms with Gasteiger partial charge in [-0.3, -0.25) is 0 Å². The molecule has 2 nitrogen and oxygen atoms in total. The summed E-state index contributed by atoms with van der Waals surface area (Å²) in [5, 5.41) is 0. The molecule has 1 aliphatic rings. The summed E-state index contributed by atoms with van der Waals surface area (Å²) in [5.74, 6) is 14.4. The van der Waals surface area contributed by atoms with Crippen LogP contribution in [-0.4, -0.2) is 34.7 Å². The second kappa shape index (κ2) is 3.97. The van der Waals surface area contributed by atoms with E-state index in [0.29, 0.717) is 0 Å². The van der Waals surface area contributed by atoms with Crippen LogP contribution >= 0.6 is 0 Å². The van der Waals surface area contributed by atoms with Gasteiger partial charge in [-0.1, -0.05) is 0 Å². The Balaban J connectivity index is 2.72. The molecule has 0 saturated carbocycles. The summed E-state index contributed by atoms with van der Waals surface area (Å²) in [6.45, 7) is 0. The van der Waals surface area contributed by atoms with Crippen molar-refractivity contribution in [2.75, 3.05) is 0 Å². The second-order valence-electron chi connectivity index (χ2n) is 5.75. The zero-order chi connectivity index (χ0) is 11.0. The van der Waals surface area contributed by atoms with E-state index in [4.69, 9.17) is 0 Å². The molecule has 1 rings (SSSR count). The van der Waals surface area contributed by atoms with Crippen molar-refractivity contribution >= 4 is 27.0 Å². The summed E-state index contributed by atoms with van der Waals surface area (Å²) in [7, 11) is 0. The number of hydrogen-bond acceptors (Lipinski definition) is 2. The first-order valence-electron chi connectivity index (χ1n) is 5.15. The van der Waals surface area contributed by atoms with Gasteiger partial charge in [-0.25, -0.2) is 0 Å². The van der Waals surface area contributed by atoms with Gasteiger partial charge in [0.1, 0.15) is 0 Å². The SMILES string of the molecule is [CH3][Ge]([CH3])([CH3])[N]1C=C[N]([Ge]([CH3])([CH3])[CH3])C=C1. The first-order chi connectivity index (χ1) is 6.21. The molecular formula is C10H22Ge2N2. The van der Waals surface area contributed by atoms with Crippen LogP contribution in [0.25, 0.3) is 0 Å². The average Bonchev–Trinajstić information content (AvgIpc) is 2.01. The van der Waals surface area contributed by atoms with E-state index in [0.717, 1.165) is 0 Å². The molecule has 0 aliphatic carbocycles. The van der Waals surface area contributed by atoms with Crippen LogP contribution in [0.2, 0.25) is 34.5 Å². The molecule has 0 spiro atoms. The molecule has 0 aromatic heterocycles. The standard InChI is InChI=1S/C10H22Ge2N2/c1-11(2,3)13-7-9-14(10-8-13)12(4,5)6/h7-10H,1-6H3. The Kier molecular flexibility index (Phi) is 3.47. The molecule has 14 heavy (non-hydrogen) atoms. The van der Waals surface area contributed by atoms with Crippen LogP contribution in [0.15, 0.2) is 24.8 Å². The van der Waals surface area contributed by atoms with E-state index in [9.17, 15) is 0 Å². The normalized spacial score (nSPS) is 17.9. The van der Waals surface area contributed by atoms with Crippen molar-refractivity contribution in [1.29, 1.82) is 0 Å². The molecule has 4 heteroatoms. The summed E-state index contributed by atoms with van der Waals surface area (Å²) >= 11 is -3.35. The van der Waals surface area contributed by atoms with Gasteiger partial charge in [0.25, 0.3) is 0 Å². The Morgan fingerprint density at radius 2 is 0.786 bits per heavy atom. The molecule has 0 aromatic carbocycles. The van der Waals surface area contributed by atoms with Crippen LogP contribution in [0.1, 0.15) is 0 Å². The summed E-state index contributed by atoms with van der Waals surface area (Å²) in [4.78, 5) is 0. The summed E-state index contributed by atoms with van der Waals surface area (Å²) < 4.78 is 4.87. The number of hydrogen-bond donors (Lipinski definition) is 0. The van der Waals surface area contributed by atoms with Crippen molar-refractivity contribution < 1.29 is 0 Å². The Hall–Kier alpha value is 0.166. The Morgan fingerprint density at radius 3 is 0.929 bits per heavy atom. The maximum atomic E-state index is 2.44. The van der Waals surface area contributed by atoms with Gasteiger partial charge in [-0.2, -0.15) is 0 Å². The second-order valence-corrected chi connectivity index (χ2v) is 26.1. The molecule has 0 atom stereocenters. The van der Waals surface area contributed by atoms with E-state index in [1.165, 1.54) is 0 Å². The van der Waals surface area contributed by atoms with Gasteiger partial charge < -0.3 is 0 Å². The molecule has 0 unspecified atom stereocenters. The van der Waals surface area contributed by atoms with E-state index in [-0.39, 0.29) is 0 Å². The van der Waals surface area contributed by atoms with Gasteiger partial charge in [-0.15, -0.1) is 0 Å². The molecule has 0 saturated heterocycles. The Morgan fingerprint density at radius 1 is 0.571 bits per heavy atom. The van der Waals surface area contributed by atoms with E-state index in [1.807, 2.05) is 0 Å². The van der Waals surface area contributed by atoms with E-state index in [1.54, 1.807) is 0 Å². The fourth-order valence-electron chi connectivity index (χ4n) is 1.28. The monoisotopic (exact) mass is 318 g/mol. The van der Waals surface area contributed by atoms with Crippen LogP contribution in [0.4, 0.5) is 0 Å². The van der Waals surface area contributed by atoms with Gasteiger partial charge >= 0.3 is 94.0 Å². The molecule has 0 bridgehead atoms. The zero-order valence-electron chi connectivity index (χ0n) is 10.2. The summed E-state index contributed by atoms with van der Waals surface area (Å²) in [6, 6.07) is 0. The third kappa shape index (κ3) is 3.09. The van der Waals surface area contributed by atoms with Crippen LogP contribution in [-0.2, 0) is 0 Å². The van der Waals surface area contributed by atoms with Crippen molar-refractivity contribution in [3.63, 3.8) is 0 Å². The van der Waals surface area contributed by atoms with Gasteiger partial charge in [0.15, 0.2) is 0 Å². The van der Waals surface area contributed by atoms with Crippen molar-refractivity contribution in [2.45, 2.75) is 34.5 Å². The van der Waals surface area contributed by atoms with Crippen LogP contribution < -0.4 is 0 Å². The molecule has 1 heterocycles. The fourth-order valence-corrected chi connectivity index (χ4v) is 5.59. The maximum absolute atomic E-state index is 2.44. The molecule has 0 aromatic rings. The van der Waals surface area contributed by atoms with Gasteiger partial charge in [0.05, 0.1) is 0 Å². The van der Waals surface area contributed by atoms with Gasteiger partial charge in [-0.05, 0) is 0 Å². The van der Waals surface area contributed by atoms with E-state index >= 15 is 0 Å². The Bertz CT molecular complexity index is 218. The first kappa shape index (κ1) is 12.2. The number of rotatable bonds is 2. The van der Waals surface area contributed by atoms with Crippen molar-refractivity contribution in [2.24, 2.45) is 0 Å². The quantitative estimate of drug-likeness (QED) is 0.722. The molecule has 80 valence electrons. The molecule has 0 radical (unpaired) electrons. The molecular weight excluding hydrogens is 293 g/mol. The van der Waals surface area contributed by atoms with Crippen molar-refractivity contribution in [3.8, 4) is 0 Å². The van der Waals surface area contributed by atoms with Crippen molar-refractivity contribution in [3.05, 3.63) is 24.8 Å². The summed E-state index contributed by atoms with van der Waals surface area (Å²) in [5.41, 5.74) is 0. The molecule has 0 amide bonds. The third-order valence-electron chi connectivity index (χ3n) is 2.32. The topological polar surface area (TPSA) is 6.48 Å². The van der Waals surface area contributed by atoms with Crippen molar-refractivity contribution in [1.82, 2.24) is 7.71 Å². The minimum absolute atomic E-state index is 1.67. The predicted molar refractivity (Wildman–Crippen MR) is 68.7 cm³/mol. The Labute approximate surface area is 93.8 Å². The fraction of sp³-hybridized carbons (Fsp3) is 0.600. The van der Waals surface area contributed by atoms with Gasteiger partial charge in [0.2, 0.25) is 0 Å². The van der Waals surface area contributed by atoms with E-state index < -0.39 is 27.0 Å². The van der Waals surface area contributed by atoms with Crippen LogP contribution in [0.3, 0.4) is 0 Å². The average molecular weight is 316 g/mol. The number of nitrogens with zero attached hydrogens (tertiary/aromatic N) is 2.